The molecule has 0 bridgehead atoms. The summed E-state index contributed by atoms with van der Waals surface area (Å²) in [5.74, 6) is -7.70. The lowest BCUT2D eigenvalue weighted by Crippen LogP contribution is -2.65. The molecule has 3 aliphatic carbocycles. The number of hydrogen-bond donors (Lipinski definition) is 7. The van der Waals surface area contributed by atoms with Crippen LogP contribution in [0.15, 0.2) is 23.0 Å². The lowest BCUT2D eigenvalue weighted by molar-refractivity contribution is -0.153. The highest BCUT2D eigenvalue weighted by atomic mass is 16.3. The Morgan fingerprint density at radius 1 is 1.09 bits per heavy atom. The maximum Gasteiger partial charge on any atom is 0.255 e. The number of rotatable bonds is 9. The third kappa shape index (κ3) is 5.52. The van der Waals surface area contributed by atoms with Crippen LogP contribution in [-0.2, 0) is 25.6 Å². The second-order valence-corrected chi connectivity index (χ2v) is 13.1. The van der Waals surface area contributed by atoms with Gasteiger partial charge in [0.25, 0.3) is 5.91 Å². The van der Waals surface area contributed by atoms with Crippen molar-refractivity contribution in [3.63, 3.8) is 0 Å². The number of piperidine rings is 1. The normalized spacial score (nSPS) is 26.5. The molecule has 5 rings (SSSR count). The fourth-order valence-corrected chi connectivity index (χ4v) is 7.60. The highest BCUT2D eigenvalue weighted by Gasteiger charge is 2.64. The van der Waals surface area contributed by atoms with Gasteiger partial charge >= 0.3 is 0 Å². The minimum absolute atomic E-state index is 0.0106. The fourth-order valence-electron chi connectivity index (χ4n) is 7.60. The summed E-state index contributed by atoms with van der Waals surface area (Å²) in [6.07, 6.45) is 3.71. The van der Waals surface area contributed by atoms with Gasteiger partial charge in [0.2, 0.25) is 11.7 Å². The van der Waals surface area contributed by atoms with E-state index in [1.807, 2.05) is 0 Å². The minimum Gasteiger partial charge on any atom is -0.508 e. The van der Waals surface area contributed by atoms with Crippen LogP contribution in [0.25, 0.3) is 5.76 Å². The monoisotopic (exact) mass is 640 g/mol. The number of amides is 2. The number of aliphatic hydroxyl groups excluding tert-OH is 2. The molecular weight excluding hydrogens is 596 g/mol. The number of likely N-dealkylation sites (N-methyl/N-ethyl adjacent to an activating group) is 1. The van der Waals surface area contributed by atoms with Crippen LogP contribution in [0.2, 0.25) is 0 Å². The molecule has 1 aromatic rings. The Kier molecular flexibility index (Phi) is 9.19. The van der Waals surface area contributed by atoms with E-state index in [1.54, 1.807) is 39.2 Å². The number of fused-ring (bicyclic) bond motifs is 3. The van der Waals surface area contributed by atoms with Gasteiger partial charge in [-0.05, 0) is 70.4 Å². The molecule has 46 heavy (non-hydrogen) atoms. The number of nitrogens with one attached hydrogen (secondary N) is 2. The van der Waals surface area contributed by atoms with E-state index in [4.69, 9.17) is 5.73 Å². The van der Waals surface area contributed by atoms with Crippen LogP contribution in [0.3, 0.4) is 0 Å². The molecule has 8 N–H and O–H groups in total. The summed E-state index contributed by atoms with van der Waals surface area (Å²) in [5.41, 5.74) is 2.56. The summed E-state index contributed by atoms with van der Waals surface area (Å²) < 4.78 is 0. The molecule has 14 nitrogen and oxygen atoms in total. The van der Waals surface area contributed by atoms with Gasteiger partial charge in [0, 0.05) is 44.4 Å². The Morgan fingerprint density at radius 2 is 1.76 bits per heavy atom. The topological polar surface area (TPSA) is 209 Å². The Balaban J connectivity index is 1.49. The molecule has 0 radical (unpaired) electrons. The predicted octanol–water partition coefficient (Wildman–Crippen LogP) is 0.0440. The SMILES string of the molecule is CN(C)c1cc(NC(=O)CNCCN2CCCCC2)c(O)c2c1CC1CC3[C@H](N(C)C)C(=O)C(C(N)=O)=C(O)C3(O)C(=O)C1=C2O. The zero-order valence-corrected chi connectivity index (χ0v) is 26.7. The molecule has 4 aliphatic rings. The second-order valence-electron chi connectivity index (χ2n) is 13.1. The van der Waals surface area contributed by atoms with Crippen molar-refractivity contribution in [2.75, 3.05) is 71.1 Å². The number of hydrogen-bond acceptors (Lipinski definition) is 12. The highest BCUT2D eigenvalue weighted by molar-refractivity contribution is 6.24. The number of nitrogens with zero attached hydrogens (tertiary/aromatic N) is 3. The third-order valence-electron chi connectivity index (χ3n) is 9.79. The quantitative estimate of drug-likeness (QED) is 0.108. The van der Waals surface area contributed by atoms with E-state index >= 15 is 0 Å². The molecule has 2 amide bonds. The van der Waals surface area contributed by atoms with Gasteiger partial charge < -0.3 is 46.6 Å². The summed E-state index contributed by atoms with van der Waals surface area (Å²) >= 11 is 0. The molecule has 4 atom stereocenters. The summed E-state index contributed by atoms with van der Waals surface area (Å²) in [5, 5.41) is 51.7. The maximum absolute atomic E-state index is 14.1. The summed E-state index contributed by atoms with van der Waals surface area (Å²) in [6.45, 7) is 3.51. The van der Waals surface area contributed by atoms with Crippen LogP contribution >= 0.6 is 0 Å². The molecule has 0 aromatic heterocycles. The third-order valence-corrected chi connectivity index (χ3v) is 9.79. The average Bonchev–Trinajstić information content (AvgIpc) is 2.98. The number of primary amides is 1. The number of Topliss-reactive ketones (excluding diaryl/α,β-unsaturated/α-hetero) is 2. The van der Waals surface area contributed by atoms with E-state index in [1.165, 1.54) is 24.2 Å². The molecule has 250 valence electrons. The average molecular weight is 641 g/mol. The van der Waals surface area contributed by atoms with Crippen molar-refractivity contribution >= 4 is 40.5 Å². The number of nitrogens with two attached hydrogens (primary N) is 1. The zero-order valence-electron chi connectivity index (χ0n) is 26.7. The zero-order chi connectivity index (χ0) is 33.7. The number of likely N-dealkylation sites (tertiary alicyclic amines) is 1. The molecule has 3 unspecified atom stereocenters. The summed E-state index contributed by atoms with van der Waals surface area (Å²) in [4.78, 5) is 58.1. The molecule has 2 fully saturated rings. The minimum atomic E-state index is -2.73. The van der Waals surface area contributed by atoms with Gasteiger partial charge in [-0.25, -0.2) is 0 Å². The van der Waals surface area contributed by atoms with Crippen molar-refractivity contribution in [2.45, 2.75) is 43.7 Å². The van der Waals surface area contributed by atoms with Gasteiger partial charge in [0.1, 0.15) is 22.8 Å². The van der Waals surface area contributed by atoms with E-state index in [2.05, 4.69) is 15.5 Å². The van der Waals surface area contributed by atoms with Crippen LogP contribution in [-0.4, -0.2) is 126 Å². The van der Waals surface area contributed by atoms with Crippen molar-refractivity contribution in [3.8, 4) is 5.75 Å². The van der Waals surface area contributed by atoms with Crippen molar-refractivity contribution in [2.24, 2.45) is 17.6 Å². The number of anilines is 2. The van der Waals surface area contributed by atoms with Crippen molar-refractivity contribution in [1.82, 2.24) is 15.1 Å². The van der Waals surface area contributed by atoms with Crippen molar-refractivity contribution in [1.29, 1.82) is 0 Å². The first-order valence-electron chi connectivity index (χ1n) is 15.6. The number of phenolic OH excluding ortho intramolecular Hbond substituents is 1. The fraction of sp³-hybridized carbons (Fsp3) is 0.562. The smallest absolute Gasteiger partial charge is 0.255 e. The van der Waals surface area contributed by atoms with E-state index < -0.39 is 69.7 Å². The summed E-state index contributed by atoms with van der Waals surface area (Å²) in [6, 6.07) is 0.435. The molecule has 1 aliphatic heterocycles. The Hall–Kier alpha value is -3.98. The first-order valence-corrected chi connectivity index (χ1v) is 15.6. The van der Waals surface area contributed by atoms with E-state index in [9.17, 15) is 39.6 Å². The first kappa shape index (κ1) is 33.4. The molecule has 1 saturated carbocycles. The molecular formula is C32H44N6O8. The molecule has 14 heteroatoms. The van der Waals surface area contributed by atoms with E-state index in [0.29, 0.717) is 17.8 Å². The number of ketones is 2. The van der Waals surface area contributed by atoms with Gasteiger partial charge in [0.15, 0.2) is 11.4 Å². The highest BCUT2D eigenvalue weighted by Crippen LogP contribution is 2.54. The lowest BCUT2D eigenvalue weighted by Gasteiger charge is -2.50. The number of benzene rings is 1. The number of phenols is 1. The van der Waals surface area contributed by atoms with Gasteiger partial charge in [0.05, 0.1) is 23.8 Å². The van der Waals surface area contributed by atoms with Crippen LogP contribution < -0.4 is 21.3 Å². The number of carbonyl (C=O) groups excluding carboxylic acids is 4. The van der Waals surface area contributed by atoms with Crippen LogP contribution in [0.1, 0.15) is 36.8 Å². The van der Waals surface area contributed by atoms with E-state index in [0.717, 1.165) is 19.6 Å². The lowest BCUT2D eigenvalue weighted by atomic mass is 9.57. The molecule has 1 heterocycles. The van der Waals surface area contributed by atoms with Crippen LogP contribution in [0.4, 0.5) is 11.4 Å². The van der Waals surface area contributed by atoms with Crippen molar-refractivity contribution < 1.29 is 39.6 Å². The number of aromatic hydroxyl groups is 1. The second kappa shape index (κ2) is 12.7. The van der Waals surface area contributed by atoms with Gasteiger partial charge in [-0.15, -0.1) is 0 Å². The van der Waals surface area contributed by atoms with Gasteiger partial charge in [-0.3, -0.25) is 24.1 Å². The Labute approximate surface area is 267 Å². The van der Waals surface area contributed by atoms with Gasteiger partial charge in [-0.1, -0.05) is 6.42 Å². The van der Waals surface area contributed by atoms with Crippen LogP contribution in [0.5, 0.6) is 5.75 Å². The van der Waals surface area contributed by atoms with Crippen molar-refractivity contribution in [3.05, 3.63) is 34.1 Å². The maximum atomic E-state index is 14.1. The molecule has 0 spiro atoms. The standard InChI is InChI=1S/C32H44N6O8/c1-36(2)20-14-19(35-21(39)15-34-8-11-38-9-6-5-7-10-38)26(40)23-17(20)12-16-13-18-25(37(3)4)28(42)24(31(33)45)30(44)32(18,46)29(43)22(16)27(23)41/h14,16,18,25,34,40-41,44,46H,5-13,15H2,1-4H3,(H2,33,45)(H,35,39)/t16?,18?,25-,32?/m0/s1. The van der Waals surface area contributed by atoms with Crippen LogP contribution in [0, 0.1) is 11.8 Å². The molecule has 1 aromatic carbocycles. The number of aliphatic hydroxyl groups is 3. The van der Waals surface area contributed by atoms with Gasteiger partial charge in [-0.2, -0.15) is 0 Å². The number of carbonyl (C=O) groups is 4. The Morgan fingerprint density at radius 3 is 2.37 bits per heavy atom. The largest absolute Gasteiger partial charge is 0.508 e. The Bertz CT molecular complexity index is 1530. The molecule has 1 saturated heterocycles. The predicted molar refractivity (Wildman–Crippen MR) is 170 cm³/mol. The summed E-state index contributed by atoms with van der Waals surface area (Å²) in [7, 11) is 6.63. The first-order chi connectivity index (χ1) is 21.7. The van der Waals surface area contributed by atoms with E-state index in [-0.39, 0.29) is 36.2 Å².